The van der Waals surface area contributed by atoms with Crippen LogP contribution in [0.4, 0.5) is 0 Å². The molecule has 1 heterocycles. The van der Waals surface area contributed by atoms with Crippen molar-refractivity contribution >= 4 is 0 Å². The van der Waals surface area contributed by atoms with Crippen molar-refractivity contribution in [3.05, 3.63) is 187 Å². The zero-order valence-electron chi connectivity index (χ0n) is 29.5. The minimum absolute atomic E-state index is 0.136. The Bertz CT molecular complexity index is 2670. The average Bonchev–Trinajstić information content (AvgIpc) is 3.46. The average molecular weight is 679 g/mol. The van der Waals surface area contributed by atoms with Crippen molar-refractivity contribution in [3.63, 3.8) is 0 Å². The smallest absolute Gasteiger partial charge is 0.164 e. The Hall–Kier alpha value is -6.96. The molecular formula is C49H34N4. The maximum absolute atomic E-state index is 9.66. The normalized spacial score (nSPS) is 12.5. The maximum atomic E-state index is 9.66. The summed E-state index contributed by atoms with van der Waals surface area (Å²) in [5.41, 5.74) is 15.0. The standard InChI is InChI=1S/C49H34N4/c1-49(2)43-29-20-32(31-50)30-42(43)45-40(18-11-19-44(45)49)36-25-21-33(22-26-36)34-23-27-38(28-24-34)47-51-46(37-14-7-4-8-15-37)52-48(53-47)41-17-10-9-16-39(41)35-12-5-3-6-13-35/h3-30H,1-2H3. The van der Waals surface area contributed by atoms with E-state index in [1.165, 1.54) is 22.3 Å². The van der Waals surface area contributed by atoms with Crippen LogP contribution < -0.4 is 0 Å². The van der Waals surface area contributed by atoms with E-state index in [2.05, 4.69) is 135 Å². The predicted molar refractivity (Wildman–Crippen MR) is 215 cm³/mol. The summed E-state index contributed by atoms with van der Waals surface area (Å²) in [6, 6.07) is 60.9. The number of nitriles is 1. The molecule has 8 aromatic rings. The van der Waals surface area contributed by atoms with Gasteiger partial charge < -0.3 is 0 Å². The van der Waals surface area contributed by atoms with Crippen LogP contribution in [-0.2, 0) is 5.41 Å². The van der Waals surface area contributed by atoms with E-state index in [9.17, 15) is 5.26 Å². The number of benzene rings is 7. The molecule has 0 saturated carbocycles. The number of nitrogens with zero attached hydrogens (tertiary/aromatic N) is 4. The highest BCUT2D eigenvalue weighted by Crippen LogP contribution is 2.52. The van der Waals surface area contributed by atoms with E-state index < -0.39 is 0 Å². The fraction of sp³-hybridized carbons (Fsp3) is 0.0612. The molecule has 0 bridgehead atoms. The number of rotatable bonds is 6. The molecule has 0 saturated heterocycles. The summed E-state index contributed by atoms with van der Waals surface area (Å²) in [5, 5.41) is 9.66. The molecule has 0 radical (unpaired) electrons. The summed E-state index contributed by atoms with van der Waals surface area (Å²) in [6.07, 6.45) is 0. The molecular weight excluding hydrogens is 645 g/mol. The second-order valence-electron chi connectivity index (χ2n) is 14.0. The van der Waals surface area contributed by atoms with Crippen molar-refractivity contribution in [2.24, 2.45) is 0 Å². The molecule has 9 rings (SSSR count). The topological polar surface area (TPSA) is 62.5 Å². The molecule has 0 amide bonds. The number of hydrogen-bond acceptors (Lipinski definition) is 4. The molecule has 0 unspecified atom stereocenters. The molecule has 0 atom stereocenters. The second-order valence-corrected chi connectivity index (χ2v) is 14.0. The van der Waals surface area contributed by atoms with E-state index in [1.54, 1.807) is 0 Å². The van der Waals surface area contributed by atoms with Crippen LogP contribution in [-0.4, -0.2) is 15.0 Å². The van der Waals surface area contributed by atoms with Crippen LogP contribution in [0.5, 0.6) is 0 Å². The third-order valence-corrected chi connectivity index (χ3v) is 10.4. The molecule has 1 aliphatic rings. The monoisotopic (exact) mass is 678 g/mol. The molecule has 0 spiro atoms. The first-order valence-electron chi connectivity index (χ1n) is 17.8. The largest absolute Gasteiger partial charge is 0.208 e. The van der Waals surface area contributed by atoms with E-state index in [4.69, 9.17) is 15.0 Å². The summed E-state index contributed by atoms with van der Waals surface area (Å²) in [7, 11) is 0. The molecule has 0 N–H and O–H groups in total. The lowest BCUT2D eigenvalue weighted by Crippen LogP contribution is -2.14. The van der Waals surface area contributed by atoms with Gasteiger partial charge in [0.15, 0.2) is 17.5 Å². The van der Waals surface area contributed by atoms with Crippen molar-refractivity contribution in [2.45, 2.75) is 19.3 Å². The van der Waals surface area contributed by atoms with E-state index in [-0.39, 0.29) is 5.41 Å². The van der Waals surface area contributed by atoms with Crippen LogP contribution in [0, 0.1) is 11.3 Å². The highest BCUT2D eigenvalue weighted by atomic mass is 15.0. The van der Waals surface area contributed by atoms with E-state index >= 15 is 0 Å². The molecule has 0 aliphatic heterocycles. The maximum Gasteiger partial charge on any atom is 0.164 e. The SMILES string of the molecule is CC1(C)c2ccc(C#N)cc2-c2c(-c3ccc(-c4ccc(-c5nc(-c6ccccc6)nc(-c6ccccc6-c6ccccc6)n5)cc4)cc3)cccc21. The van der Waals surface area contributed by atoms with Crippen molar-refractivity contribution < 1.29 is 0 Å². The Kier molecular flexibility index (Phi) is 7.83. The minimum Gasteiger partial charge on any atom is -0.208 e. The van der Waals surface area contributed by atoms with Crippen LogP contribution in [0.3, 0.4) is 0 Å². The van der Waals surface area contributed by atoms with Gasteiger partial charge in [0.2, 0.25) is 0 Å². The van der Waals surface area contributed by atoms with Gasteiger partial charge in [-0.2, -0.15) is 5.26 Å². The van der Waals surface area contributed by atoms with Gasteiger partial charge in [0.05, 0.1) is 11.6 Å². The lowest BCUT2D eigenvalue weighted by molar-refractivity contribution is 0.660. The molecule has 250 valence electrons. The molecule has 7 aromatic carbocycles. The first-order valence-corrected chi connectivity index (χ1v) is 17.8. The molecule has 0 fully saturated rings. The van der Waals surface area contributed by atoms with Gasteiger partial charge in [0, 0.05) is 22.1 Å². The zero-order valence-corrected chi connectivity index (χ0v) is 29.5. The van der Waals surface area contributed by atoms with Crippen molar-refractivity contribution in [1.29, 1.82) is 5.26 Å². The molecule has 4 nitrogen and oxygen atoms in total. The van der Waals surface area contributed by atoms with E-state index in [1.807, 2.05) is 54.6 Å². The Morgan fingerprint density at radius 2 is 0.887 bits per heavy atom. The second kappa shape index (κ2) is 13.0. The van der Waals surface area contributed by atoms with Crippen molar-refractivity contribution in [1.82, 2.24) is 15.0 Å². The van der Waals surface area contributed by atoms with Crippen molar-refractivity contribution in [3.8, 4) is 84.7 Å². The van der Waals surface area contributed by atoms with Crippen LogP contribution >= 0.6 is 0 Å². The number of aromatic nitrogens is 3. The molecule has 53 heavy (non-hydrogen) atoms. The van der Waals surface area contributed by atoms with Crippen LogP contribution in [0.2, 0.25) is 0 Å². The van der Waals surface area contributed by atoms with Crippen LogP contribution in [0.1, 0.15) is 30.5 Å². The summed E-state index contributed by atoms with van der Waals surface area (Å²) < 4.78 is 0. The molecule has 4 heteroatoms. The van der Waals surface area contributed by atoms with E-state index in [0.717, 1.165) is 50.1 Å². The van der Waals surface area contributed by atoms with Gasteiger partial charge in [-0.25, -0.2) is 15.0 Å². The summed E-state index contributed by atoms with van der Waals surface area (Å²) >= 11 is 0. The van der Waals surface area contributed by atoms with Gasteiger partial charge in [-0.3, -0.25) is 0 Å². The fourth-order valence-electron chi connectivity index (χ4n) is 7.66. The summed E-state index contributed by atoms with van der Waals surface area (Å²) in [5.74, 6) is 1.89. The van der Waals surface area contributed by atoms with Gasteiger partial charge in [-0.1, -0.05) is 172 Å². The van der Waals surface area contributed by atoms with Crippen molar-refractivity contribution in [2.75, 3.05) is 0 Å². The Labute approximate surface area is 309 Å². The fourth-order valence-corrected chi connectivity index (χ4v) is 7.66. The summed E-state index contributed by atoms with van der Waals surface area (Å²) in [6.45, 7) is 4.54. The first kappa shape index (κ1) is 32.0. The van der Waals surface area contributed by atoms with Crippen LogP contribution in [0.15, 0.2) is 170 Å². The van der Waals surface area contributed by atoms with Gasteiger partial charge >= 0.3 is 0 Å². The third-order valence-electron chi connectivity index (χ3n) is 10.4. The highest BCUT2D eigenvalue weighted by Gasteiger charge is 2.37. The molecule has 1 aliphatic carbocycles. The van der Waals surface area contributed by atoms with Gasteiger partial charge in [-0.05, 0) is 67.8 Å². The Morgan fingerprint density at radius 3 is 1.53 bits per heavy atom. The lowest BCUT2D eigenvalue weighted by Gasteiger charge is -2.21. The molecule has 1 aromatic heterocycles. The Morgan fingerprint density at radius 1 is 0.396 bits per heavy atom. The number of hydrogen-bond donors (Lipinski definition) is 0. The first-order chi connectivity index (χ1) is 26.0. The van der Waals surface area contributed by atoms with Gasteiger partial charge in [0.25, 0.3) is 0 Å². The third kappa shape index (κ3) is 5.69. The Balaban J connectivity index is 1.07. The van der Waals surface area contributed by atoms with Gasteiger partial charge in [0.1, 0.15) is 0 Å². The number of fused-ring (bicyclic) bond motifs is 3. The highest BCUT2D eigenvalue weighted by molar-refractivity contribution is 5.93. The predicted octanol–water partition coefficient (Wildman–Crippen LogP) is 12.1. The minimum atomic E-state index is -0.136. The van der Waals surface area contributed by atoms with Gasteiger partial charge in [-0.15, -0.1) is 0 Å². The zero-order chi connectivity index (χ0) is 35.9. The quantitative estimate of drug-likeness (QED) is 0.176. The van der Waals surface area contributed by atoms with Crippen LogP contribution in [0.25, 0.3) is 78.7 Å². The summed E-state index contributed by atoms with van der Waals surface area (Å²) in [4.78, 5) is 15.0. The lowest BCUT2D eigenvalue weighted by atomic mass is 9.82. The van der Waals surface area contributed by atoms with E-state index in [0.29, 0.717) is 23.0 Å².